The first kappa shape index (κ1) is 36.0. The molecular weight excluding hydrogens is 889 g/mol. The number of fused-ring (bicyclic) bond motifs is 4. The molecule has 0 bridgehead atoms. The summed E-state index contributed by atoms with van der Waals surface area (Å²) >= 11 is 0. The maximum atomic E-state index is 7.64. The molecule has 9 aromatic rings. The average Bonchev–Trinajstić information content (AvgIpc) is 3.78. The largest absolute Gasteiger partial charge is 0.351 e. The van der Waals surface area contributed by atoms with Crippen LogP contribution in [0.5, 0.6) is 0 Å². The molecule has 0 unspecified atom stereocenters. The maximum absolute atomic E-state index is 7.64. The van der Waals surface area contributed by atoms with Gasteiger partial charge in [-0.3, -0.25) is 4.98 Å². The van der Waals surface area contributed by atoms with Crippen LogP contribution in [0.3, 0.4) is 0 Å². The molecule has 57 heavy (non-hydrogen) atoms. The van der Waals surface area contributed by atoms with Crippen molar-refractivity contribution in [2.24, 2.45) is 0 Å². The van der Waals surface area contributed by atoms with Crippen LogP contribution in [0.25, 0.3) is 66.9 Å². The molecule has 0 amide bonds. The monoisotopic (exact) mass is 940 g/mol. The number of benzene rings is 6. The van der Waals surface area contributed by atoms with Gasteiger partial charge in [0.05, 0.1) is 24.9 Å². The molecule has 0 aliphatic carbocycles. The molecule has 0 saturated carbocycles. The quantitative estimate of drug-likeness (QED) is 0.118. The zero-order valence-electron chi connectivity index (χ0n) is 36.5. The smallest absolute Gasteiger partial charge is 0.0795 e. The minimum absolute atomic E-state index is 0. The minimum atomic E-state index is -1.36. The van der Waals surface area contributed by atoms with Crippen LogP contribution < -0.4 is 5.19 Å². The molecule has 3 aromatic heterocycles. The summed E-state index contributed by atoms with van der Waals surface area (Å²) < 4.78 is 27.5. The van der Waals surface area contributed by atoms with Gasteiger partial charge in [-0.2, -0.15) is 0 Å². The second-order valence-corrected chi connectivity index (χ2v) is 21.0. The van der Waals surface area contributed by atoms with Gasteiger partial charge in [-0.15, -0.1) is 59.6 Å². The molecule has 0 aliphatic rings. The molecule has 0 aliphatic heterocycles. The number of nitrogens with zero attached hydrogens (tertiary/aromatic N) is 4. The van der Waals surface area contributed by atoms with Crippen LogP contribution in [0.4, 0.5) is 0 Å². The van der Waals surface area contributed by atoms with Gasteiger partial charge in [0.2, 0.25) is 0 Å². The van der Waals surface area contributed by atoms with Crippen LogP contribution in [0.1, 0.15) is 54.8 Å². The Morgan fingerprint density at radius 3 is 1.98 bits per heavy atom. The van der Waals surface area contributed by atoms with Crippen LogP contribution in [-0.4, -0.2) is 27.2 Å². The van der Waals surface area contributed by atoms with E-state index >= 15 is 0 Å². The fraction of sp³-hybridized carbons (Fsp3) is 0.176. The summed E-state index contributed by atoms with van der Waals surface area (Å²) in [7, 11) is -1.36. The van der Waals surface area contributed by atoms with Crippen LogP contribution >= 0.6 is 0 Å². The zero-order chi connectivity index (χ0) is 41.6. The van der Waals surface area contributed by atoms with Gasteiger partial charge in [0.15, 0.2) is 0 Å². The Kier molecular flexibility index (Phi) is 10.5. The van der Waals surface area contributed by atoms with Gasteiger partial charge >= 0.3 is 0 Å². The van der Waals surface area contributed by atoms with Gasteiger partial charge < -0.3 is 14.1 Å². The Morgan fingerprint density at radius 1 is 0.632 bits per heavy atom. The maximum Gasteiger partial charge on any atom is 0.0795 e. The van der Waals surface area contributed by atoms with E-state index < -0.39 is 8.07 Å². The summed E-state index contributed by atoms with van der Waals surface area (Å²) in [4.78, 5) is 9.64. The third kappa shape index (κ3) is 7.83. The summed E-state index contributed by atoms with van der Waals surface area (Å²) in [6, 6.07) is 50.7. The summed E-state index contributed by atoms with van der Waals surface area (Å²) in [5, 5.41) is 3.70. The predicted molar refractivity (Wildman–Crippen MR) is 239 cm³/mol. The van der Waals surface area contributed by atoms with Crippen molar-refractivity contribution >= 4 is 46.1 Å². The summed E-state index contributed by atoms with van der Waals surface area (Å²) in [6.07, 6.45) is 1.87. The van der Waals surface area contributed by atoms with Crippen molar-refractivity contribution in [1.29, 1.82) is 0 Å². The van der Waals surface area contributed by atoms with E-state index in [4.69, 9.17) is 9.10 Å². The Hall–Kier alpha value is -5.39. The molecule has 0 fully saturated rings. The molecule has 1 radical (unpaired) electrons. The number of aromatic nitrogens is 4. The fourth-order valence-corrected chi connectivity index (χ4v) is 8.55. The number of imidazole rings is 1. The molecule has 0 spiro atoms. The average molecular weight is 940 g/mol. The zero-order valence-corrected chi connectivity index (χ0v) is 36.9. The molecule has 0 N–H and O–H groups in total. The molecule has 0 saturated heterocycles. The normalized spacial score (nSPS) is 12.3. The van der Waals surface area contributed by atoms with Crippen molar-refractivity contribution in [3.05, 3.63) is 175 Å². The number of rotatable bonds is 7. The minimum Gasteiger partial charge on any atom is -0.351 e. The Morgan fingerprint density at radius 2 is 1.32 bits per heavy atom. The molecule has 3 heterocycles. The van der Waals surface area contributed by atoms with Crippen LogP contribution in [-0.2, 0) is 20.1 Å². The van der Waals surface area contributed by atoms with E-state index in [2.05, 4.69) is 189 Å². The van der Waals surface area contributed by atoms with Crippen molar-refractivity contribution in [2.45, 2.75) is 59.2 Å². The second-order valence-electron chi connectivity index (χ2n) is 15.9. The van der Waals surface area contributed by atoms with Crippen molar-refractivity contribution in [1.82, 2.24) is 19.1 Å². The van der Waals surface area contributed by atoms with E-state index in [1.54, 1.807) is 0 Å². The van der Waals surface area contributed by atoms with Gasteiger partial charge in [-0.05, 0) is 76.4 Å². The molecule has 4 nitrogen and oxygen atoms in total. The first-order valence-corrected chi connectivity index (χ1v) is 22.9. The summed E-state index contributed by atoms with van der Waals surface area (Å²) in [6.45, 7) is 15.9. The van der Waals surface area contributed by atoms with Crippen LogP contribution in [0, 0.1) is 12.1 Å². The van der Waals surface area contributed by atoms with Gasteiger partial charge in [-0.1, -0.05) is 132 Å². The second kappa shape index (κ2) is 16.6. The number of hydrogen-bond acceptors (Lipinski definition) is 2. The van der Waals surface area contributed by atoms with Gasteiger partial charge in [-0.25, -0.2) is 0 Å². The standard InChI is InChI=1S/C37H32N3.C14H16NSi.Ir/c1-24(2)28-16-12-17-29(25(3)4)36(28)40-35-20-11-9-18-32(35)38-37(40)26-21-22-34-31(23-26)30-15-8-10-19-33(30)39(34)27-13-6-5-7-14-27;1-16(2,3)13-9-10-14(15-11-13)12-7-5-4-6-8-12;/h5-20,22-25H,1-4H3;4-7,9-11H,1-3H3;/q2*-1;/i;4D,5D,6D;. The number of hydrogen-bond donors (Lipinski definition) is 0. The predicted octanol–water partition coefficient (Wildman–Crippen LogP) is 12.9. The molecule has 6 heteroatoms. The van der Waals surface area contributed by atoms with E-state index in [0.29, 0.717) is 23.1 Å². The van der Waals surface area contributed by atoms with E-state index in [9.17, 15) is 0 Å². The van der Waals surface area contributed by atoms with E-state index in [1.807, 2.05) is 12.3 Å². The van der Waals surface area contributed by atoms with Crippen LogP contribution in [0.15, 0.2) is 152 Å². The SMILES string of the molecule is CC(C)c1cccc(C(C)C)c1-n1c(-c2[c-]cc3c(c2)c2ccccc2n3-c2ccccc2)nc2ccccc21.[2H]c1[c-]c(-c2ccc([Si](C)(C)C)cn2)cc([2H])c1[2H].[Ir]. The van der Waals surface area contributed by atoms with E-state index in [1.165, 1.54) is 44.4 Å². The first-order chi connectivity index (χ1) is 28.3. The topological polar surface area (TPSA) is 35.6 Å². The summed E-state index contributed by atoms with van der Waals surface area (Å²) in [5.41, 5.74) is 11.8. The van der Waals surface area contributed by atoms with Gasteiger partial charge in [0, 0.05) is 45.9 Å². The number of para-hydroxylation sites is 5. The van der Waals surface area contributed by atoms with Gasteiger partial charge in [0.25, 0.3) is 0 Å². The molecule has 6 aromatic carbocycles. The first-order valence-electron chi connectivity index (χ1n) is 20.9. The fourth-order valence-electron chi connectivity index (χ4n) is 7.51. The molecule has 9 rings (SSSR count). The molecular formula is C51H48IrN4Si-2. The van der Waals surface area contributed by atoms with Crippen molar-refractivity contribution in [3.8, 4) is 34.0 Å². The number of pyridine rings is 1. The van der Waals surface area contributed by atoms with E-state index in [0.717, 1.165) is 33.6 Å². The van der Waals surface area contributed by atoms with E-state index in [-0.39, 0.29) is 38.2 Å². The van der Waals surface area contributed by atoms with Crippen molar-refractivity contribution in [3.63, 3.8) is 0 Å². The van der Waals surface area contributed by atoms with Crippen molar-refractivity contribution in [2.75, 3.05) is 0 Å². The Labute approximate surface area is 355 Å². The van der Waals surface area contributed by atoms with Gasteiger partial charge in [0.1, 0.15) is 0 Å². The third-order valence-electron chi connectivity index (χ3n) is 10.4. The van der Waals surface area contributed by atoms with Crippen molar-refractivity contribution < 1.29 is 24.2 Å². The van der Waals surface area contributed by atoms with Crippen LogP contribution in [0.2, 0.25) is 19.6 Å². The molecule has 287 valence electrons. The Balaban J connectivity index is 0.000000230. The Bertz CT molecular complexity index is 2920. The molecule has 0 atom stereocenters. The summed E-state index contributed by atoms with van der Waals surface area (Å²) in [5.74, 6) is 1.67. The third-order valence-corrected chi connectivity index (χ3v) is 12.5.